The van der Waals surface area contributed by atoms with E-state index in [0.717, 1.165) is 10.5 Å². The van der Waals surface area contributed by atoms with E-state index in [-0.39, 0.29) is 30.8 Å². The van der Waals surface area contributed by atoms with Crippen molar-refractivity contribution in [2.24, 2.45) is 0 Å². The molecule has 0 spiro atoms. The third-order valence-electron chi connectivity index (χ3n) is 6.94. The van der Waals surface area contributed by atoms with Crippen molar-refractivity contribution in [1.82, 2.24) is 10.3 Å². The summed E-state index contributed by atoms with van der Waals surface area (Å²) in [6.07, 6.45) is -0.375. The van der Waals surface area contributed by atoms with Crippen molar-refractivity contribution in [2.45, 2.75) is 65.3 Å². The highest BCUT2D eigenvalue weighted by Gasteiger charge is 2.34. The van der Waals surface area contributed by atoms with Crippen molar-refractivity contribution in [3.63, 3.8) is 0 Å². The number of anilines is 3. The number of hydrogen-bond donors (Lipinski definition) is 3. The Morgan fingerprint density at radius 2 is 1.58 bits per heavy atom. The largest absolute Gasteiger partial charge is 0.484 e. The zero-order chi connectivity index (χ0) is 34.6. The monoisotopic (exact) mass is 653 g/mol. The van der Waals surface area contributed by atoms with Gasteiger partial charge < -0.3 is 30.2 Å². The Labute approximate surface area is 278 Å². The molecule has 1 unspecified atom stereocenters. The van der Waals surface area contributed by atoms with Gasteiger partial charge in [-0.05, 0) is 107 Å². The van der Waals surface area contributed by atoms with Crippen molar-refractivity contribution >= 4 is 52.0 Å². The summed E-state index contributed by atoms with van der Waals surface area (Å²) in [6, 6.07) is 20.3. The molecule has 4 bridgehead atoms. The lowest BCUT2D eigenvalue weighted by molar-refractivity contribution is -0.122. The molecule has 4 amide bonds. The predicted molar refractivity (Wildman–Crippen MR) is 182 cm³/mol. The molecule has 3 N–H and O–H groups in total. The average Bonchev–Trinajstić information content (AvgIpc) is 3.00. The van der Waals surface area contributed by atoms with Gasteiger partial charge in [0, 0.05) is 29.5 Å². The first-order chi connectivity index (χ1) is 22.6. The van der Waals surface area contributed by atoms with Crippen LogP contribution in [-0.4, -0.2) is 46.8 Å². The first-order valence-corrected chi connectivity index (χ1v) is 15.5. The molecule has 48 heavy (non-hydrogen) atoms. The van der Waals surface area contributed by atoms with E-state index in [1.54, 1.807) is 108 Å². The zero-order valence-electron chi connectivity index (χ0n) is 27.7. The Kier molecular flexibility index (Phi) is 9.55. The second kappa shape index (κ2) is 13.6. The summed E-state index contributed by atoms with van der Waals surface area (Å²) in [7, 11) is 0. The van der Waals surface area contributed by atoms with E-state index in [1.165, 1.54) is 6.20 Å². The fraction of sp³-hybridized carbons (Fsp3) is 0.306. The Bertz CT molecular complexity index is 1820. The molecule has 12 heteroatoms. The average molecular weight is 654 g/mol. The third kappa shape index (κ3) is 8.58. The van der Waals surface area contributed by atoms with E-state index in [4.69, 9.17) is 14.2 Å². The molecule has 4 aromatic rings. The number of rotatable bonds is 3. The van der Waals surface area contributed by atoms with E-state index in [9.17, 15) is 19.2 Å². The number of nitrogens with zero attached hydrogens (tertiary/aromatic N) is 2. The molecule has 0 saturated carbocycles. The van der Waals surface area contributed by atoms with Gasteiger partial charge >= 0.3 is 12.2 Å². The summed E-state index contributed by atoms with van der Waals surface area (Å²) in [6.45, 7) is 10.3. The van der Waals surface area contributed by atoms with E-state index >= 15 is 0 Å². The van der Waals surface area contributed by atoms with Crippen LogP contribution in [0.2, 0.25) is 0 Å². The van der Waals surface area contributed by atoms with Crippen LogP contribution in [0.5, 0.6) is 5.75 Å². The minimum atomic E-state index is -0.927. The van der Waals surface area contributed by atoms with E-state index in [2.05, 4.69) is 20.9 Å². The number of ether oxygens (including phenoxy) is 3. The number of amides is 4. The molecule has 250 valence electrons. The van der Waals surface area contributed by atoms with Crippen molar-refractivity contribution in [2.75, 3.05) is 22.1 Å². The van der Waals surface area contributed by atoms with Crippen LogP contribution in [0.25, 0.3) is 10.8 Å². The highest BCUT2D eigenvalue weighted by molar-refractivity contribution is 6.14. The molecule has 3 heterocycles. The number of carbonyl (C=O) groups excluding carboxylic acids is 4. The summed E-state index contributed by atoms with van der Waals surface area (Å²) in [5.41, 5.74) is 0.881. The second-order valence-corrected chi connectivity index (χ2v) is 13.3. The SMILES string of the molecule is CC(C)(C)OC(=O)N(C(=O)OC(C)(C)C)c1nccc2cc(NC3C(=O)NCc4cccc(c4)NC(=O)COc4ccc3cc4)ccc12. The lowest BCUT2D eigenvalue weighted by Gasteiger charge is -2.28. The number of nitrogens with one attached hydrogen (secondary N) is 3. The fourth-order valence-corrected chi connectivity index (χ4v) is 4.91. The highest BCUT2D eigenvalue weighted by atomic mass is 16.6. The van der Waals surface area contributed by atoms with Crippen LogP contribution in [0.4, 0.5) is 26.8 Å². The predicted octanol–water partition coefficient (Wildman–Crippen LogP) is 6.71. The number of pyridine rings is 1. The van der Waals surface area contributed by atoms with Crippen LogP contribution in [0.15, 0.2) is 79.0 Å². The van der Waals surface area contributed by atoms with Gasteiger partial charge in [0.2, 0.25) is 5.91 Å². The molecule has 0 fully saturated rings. The van der Waals surface area contributed by atoms with E-state index < -0.39 is 29.4 Å². The second-order valence-electron chi connectivity index (χ2n) is 13.3. The molecular weight excluding hydrogens is 614 g/mol. The number of fused-ring (bicyclic) bond motifs is 9. The summed E-state index contributed by atoms with van der Waals surface area (Å²) < 4.78 is 16.7. The number of aromatic nitrogens is 1. The number of hydrogen-bond acceptors (Lipinski definition) is 9. The lowest BCUT2D eigenvalue weighted by Crippen LogP contribution is -2.44. The van der Waals surface area contributed by atoms with Crippen molar-refractivity contribution in [1.29, 1.82) is 0 Å². The first-order valence-electron chi connectivity index (χ1n) is 15.5. The molecule has 0 radical (unpaired) electrons. The molecule has 6 rings (SSSR count). The first kappa shape index (κ1) is 33.7. The Balaban J connectivity index is 1.48. The Morgan fingerprint density at radius 1 is 0.896 bits per heavy atom. The van der Waals surface area contributed by atoms with Gasteiger partial charge in [-0.3, -0.25) is 9.59 Å². The van der Waals surface area contributed by atoms with Crippen molar-refractivity contribution in [3.8, 4) is 5.75 Å². The van der Waals surface area contributed by atoms with Crippen LogP contribution in [0.1, 0.15) is 58.7 Å². The molecule has 2 aliphatic heterocycles. The van der Waals surface area contributed by atoms with Crippen molar-refractivity contribution < 1.29 is 33.4 Å². The van der Waals surface area contributed by atoms with Crippen molar-refractivity contribution in [3.05, 3.63) is 90.1 Å². The number of carbonyl (C=O) groups is 4. The maximum atomic E-state index is 13.7. The summed E-state index contributed by atoms with van der Waals surface area (Å²) in [4.78, 5) is 57.9. The van der Waals surface area contributed by atoms with E-state index in [0.29, 0.717) is 33.5 Å². The maximum absolute atomic E-state index is 13.7. The van der Waals surface area contributed by atoms with Gasteiger partial charge in [-0.15, -0.1) is 0 Å². The summed E-state index contributed by atoms with van der Waals surface area (Å²) in [5.74, 6) is -0.0731. The Morgan fingerprint density at radius 3 is 2.25 bits per heavy atom. The maximum Gasteiger partial charge on any atom is 0.425 e. The van der Waals surface area contributed by atoms with Crippen LogP contribution >= 0.6 is 0 Å². The number of imide groups is 1. The van der Waals surface area contributed by atoms with Gasteiger partial charge in [-0.2, -0.15) is 4.90 Å². The summed E-state index contributed by atoms with van der Waals surface area (Å²) in [5, 5.41) is 10.2. The lowest BCUT2D eigenvalue weighted by atomic mass is 10.0. The van der Waals surface area contributed by atoms with Gasteiger partial charge in [0.05, 0.1) is 0 Å². The molecule has 1 atom stereocenters. The van der Waals surface area contributed by atoms with Crippen LogP contribution in [0.3, 0.4) is 0 Å². The molecule has 1 aromatic heterocycles. The standard InChI is InChI=1S/C36H39N5O7/c1-35(2,3)47-33(44)41(34(45)48-36(4,5)6)31-28-15-12-26(19-24(28)16-17-37-31)40-30-23-10-13-27(14-11-23)46-21-29(42)39-25-9-7-8-22(18-25)20-38-32(30)43/h7-19,30,40H,20-21H2,1-6H3,(H,38,43)(H,39,42). The molecule has 0 aliphatic carbocycles. The quantitative estimate of drug-likeness (QED) is 0.219. The minimum Gasteiger partial charge on any atom is -0.484 e. The van der Waals surface area contributed by atoms with E-state index in [1.807, 2.05) is 6.07 Å². The minimum absolute atomic E-state index is 0.0417. The summed E-state index contributed by atoms with van der Waals surface area (Å²) >= 11 is 0. The Hall–Kier alpha value is -5.65. The van der Waals surface area contributed by atoms with Gasteiger partial charge in [0.25, 0.3) is 5.91 Å². The van der Waals surface area contributed by atoms with Crippen LogP contribution < -0.4 is 25.6 Å². The normalized spacial score (nSPS) is 15.2. The zero-order valence-corrected chi connectivity index (χ0v) is 27.7. The molecule has 3 aromatic carbocycles. The number of benzene rings is 3. The fourth-order valence-electron chi connectivity index (χ4n) is 4.91. The molecule has 2 aliphatic rings. The topological polar surface area (TPSA) is 148 Å². The molecule has 0 saturated heterocycles. The highest BCUT2D eigenvalue weighted by Crippen LogP contribution is 2.31. The van der Waals surface area contributed by atoms with Gasteiger partial charge in [-0.1, -0.05) is 24.3 Å². The molecular formula is C36H39N5O7. The van der Waals surface area contributed by atoms with Crippen LogP contribution in [-0.2, 0) is 25.6 Å². The van der Waals surface area contributed by atoms with Crippen LogP contribution in [0, 0.1) is 0 Å². The molecule has 12 nitrogen and oxygen atoms in total. The smallest absolute Gasteiger partial charge is 0.425 e. The third-order valence-corrected chi connectivity index (χ3v) is 6.94. The van der Waals surface area contributed by atoms with Gasteiger partial charge in [-0.25, -0.2) is 14.6 Å². The van der Waals surface area contributed by atoms with Gasteiger partial charge in [0.15, 0.2) is 12.4 Å². The van der Waals surface area contributed by atoms with Gasteiger partial charge in [0.1, 0.15) is 23.0 Å².